The third-order valence-electron chi connectivity index (χ3n) is 6.18. The zero-order chi connectivity index (χ0) is 20.6. The van der Waals surface area contributed by atoms with Crippen molar-refractivity contribution in [3.05, 3.63) is 0 Å². The molecule has 0 aromatic rings. The van der Waals surface area contributed by atoms with Gasteiger partial charge in [0, 0.05) is 18.0 Å². The highest BCUT2D eigenvalue weighted by Crippen LogP contribution is 2.56. The third-order valence-corrected chi connectivity index (χ3v) is 6.18. The second-order valence-corrected chi connectivity index (χ2v) is 8.39. The van der Waals surface area contributed by atoms with Crippen LogP contribution in [0.2, 0.25) is 0 Å². The van der Waals surface area contributed by atoms with Gasteiger partial charge in [0.25, 0.3) is 0 Å². The molecule has 2 N–H and O–H groups in total. The predicted octanol–water partition coefficient (Wildman–Crippen LogP) is 4.54. The van der Waals surface area contributed by atoms with Gasteiger partial charge in [0.05, 0.1) is 6.61 Å². The number of carboxylic acid groups (broad SMARTS) is 1. The van der Waals surface area contributed by atoms with Crippen LogP contribution in [0.5, 0.6) is 0 Å². The van der Waals surface area contributed by atoms with Gasteiger partial charge in [-0.25, -0.2) is 8.78 Å². The second kappa shape index (κ2) is 11.1. The Morgan fingerprint density at radius 2 is 1.54 bits per heavy atom. The standard InChI is InChI=1S/C12H23N.C9H12F2O4/c1-3-7-11(8-4-1)13-12-9-5-2-6-10-12;1-2-3-15-8(14)9(7(12)13)4-5(9)6(10)11/h11-13H,1-10H2;5-6H,2-4H2,1H3,(H,12,13)/t;5-,9-/m.0/s1. The molecule has 0 bridgehead atoms. The average molecular weight is 404 g/mol. The van der Waals surface area contributed by atoms with Gasteiger partial charge in [0.1, 0.15) is 0 Å². The number of hydrogen-bond acceptors (Lipinski definition) is 4. The number of carboxylic acids is 1. The summed E-state index contributed by atoms with van der Waals surface area (Å²) in [4.78, 5) is 22.1. The summed E-state index contributed by atoms with van der Waals surface area (Å²) in [6, 6.07) is 1.74. The molecule has 3 fully saturated rings. The molecule has 0 heterocycles. The van der Waals surface area contributed by atoms with Crippen molar-refractivity contribution in [3.63, 3.8) is 0 Å². The van der Waals surface area contributed by atoms with E-state index in [-0.39, 0.29) is 13.0 Å². The Morgan fingerprint density at radius 1 is 1.04 bits per heavy atom. The maximum Gasteiger partial charge on any atom is 0.324 e. The Bertz CT molecular complexity index is 489. The first-order chi connectivity index (χ1) is 13.4. The molecule has 0 saturated heterocycles. The molecule has 0 unspecified atom stereocenters. The average Bonchev–Trinajstić information content (AvgIpc) is 3.46. The molecule has 3 saturated carbocycles. The smallest absolute Gasteiger partial charge is 0.324 e. The summed E-state index contributed by atoms with van der Waals surface area (Å²) in [5, 5.41) is 12.6. The zero-order valence-electron chi connectivity index (χ0n) is 16.9. The van der Waals surface area contributed by atoms with E-state index in [1.165, 1.54) is 64.2 Å². The monoisotopic (exact) mass is 403 g/mol. The third kappa shape index (κ3) is 6.13. The van der Waals surface area contributed by atoms with Crippen molar-refractivity contribution in [1.29, 1.82) is 0 Å². The molecular formula is C21H35F2NO4. The summed E-state index contributed by atoms with van der Waals surface area (Å²) in [6.45, 7) is 1.79. The van der Waals surface area contributed by atoms with Gasteiger partial charge in [-0.2, -0.15) is 0 Å². The maximum atomic E-state index is 12.3. The van der Waals surface area contributed by atoms with Gasteiger partial charge in [0.2, 0.25) is 6.43 Å². The molecule has 3 rings (SSSR count). The van der Waals surface area contributed by atoms with E-state index in [2.05, 4.69) is 10.1 Å². The molecule has 28 heavy (non-hydrogen) atoms. The lowest BCUT2D eigenvalue weighted by molar-refractivity contribution is -0.163. The van der Waals surface area contributed by atoms with Crippen LogP contribution in [0.4, 0.5) is 8.78 Å². The second-order valence-electron chi connectivity index (χ2n) is 8.39. The Labute approximate surface area is 166 Å². The van der Waals surface area contributed by atoms with E-state index >= 15 is 0 Å². The molecule has 0 aliphatic heterocycles. The number of ether oxygens (including phenoxy) is 1. The van der Waals surface area contributed by atoms with E-state index in [0.29, 0.717) is 6.42 Å². The molecule has 0 aromatic carbocycles. The first-order valence-electron chi connectivity index (χ1n) is 10.9. The van der Waals surface area contributed by atoms with E-state index in [4.69, 9.17) is 5.11 Å². The van der Waals surface area contributed by atoms with E-state index in [1.807, 2.05) is 0 Å². The number of halogens is 2. The first-order valence-corrected chi connectivity index (χ1v) is 10.9. The molecule has 0 spiro atoms. The van der Waals surface area contributed by atoms with Crippen molar-refractivity contribution in [2.24, 2.45) is 11.3 Å². The first kappa shape index (κ1) is 23.0. The molecule has 0 radical (unpaired) electrons. The molecule has 5 nitrogen and oxygen atoms in total. The number of rotatable bonds is 7. The summed E-state index contributed by atoms with van der Waals surface area (Å²) in [5.74, 6) is -3.96. The van der Waals surface area contributed by atoms with Crippen LogP contribution in [-0.2, 0) is 14.3 Å². The fourth-order valence-corrected chi connectivity index (χ4v) is 4.36. The fourth-order valence-electron chi connectivity index (χ4n) is 4.36. The van der Waals surface area contributed by atoms with Crippen LogP contribution in [0.1, 0.15) is 84.0 Å². The molecule has 0 aromatic heterocycles. The summed E-state index contributed by atoms with van der Waals surface area (Å²) >= 11 is 0. The minimum absolute atomic E-state index is 0.0593. The van der Waals surface area contributed by atoms with Gasteiger partial charge < -0.3 is 15.2 Å². The Balaban J connectivity index is 0.000000202. The number of aliphatic carboxylic acids is 1. The minimum Gasteiger partial charge on any atom is -0.480 e. The van der Waals surface area contributed by atoms with Crippen molar-refractivity contribution in [2.45, 2.75) is 102 Å². The van der Waals surface area contributed by atoms with Crippen molar-refractivity contribution in [3.8, 4) is 0 Å². The van der Waals surface area contributed by atoms with Crippen LogP contribution >= 0.6 is 0 Å². The summed E-state index contributed by atoms with van der Waals surface area (Å²) in [5.41, 5.74) is -2.00. The topological polar surface area (TPSA) is 75.6 Å². The highest BCUT2D eigenvalue weighted by Gasteiger charge is 2.71. The number of alkyl halides is 2. The Morgan fingerprint density at radius 3 is 1.89 bits per heavy atom. The van der Waals surface area contributed by atoms with Crippen LogP contribution in [0.25, 0.3) is 0 Å². The number of esters is 1. The van der Waals surface area contributed by atoms with Gasteiger partial charge in [-0.15, -0.1) is 0 Å². The minimum atomic E-state index is -2.80. The van der Waals surface area contributed by atoms with Crippen molar-refractivity contribution >= 4 is 11.9 Å². The molecule has 3 aliphatic carbocycles. The van der Waals surface area contributed by atoms with Gasteiger partial charge >= 0.3 is 11.9 Å². The van der Waals surface area contributed by atoms with E-state index in [9.17, 15) is 18.4 Å². The molecule has 162 valence electrons. The highest BCUT2D eigenvalue weighted by molar-refractivity contribution is 6.03. The number of carbonyl (C=O) groups excluding carboxylic acids is 1. The van der Waals surface area contributed by atoms with Crippen LogP contribution in [-0.4, -0.2) is 42.2 Å². The van der Waals surface area contributed by atoms with Crippen molar-refractivity contribution in [2.75, 3.05) is 6.61 Å². The maximum absolute atomic E-state index is 12.3. The lowest BCUT2D eigenvalue weighted by atomic mass is 9.91. The Hall–Kier alpha value is -1.24. The molecule has 3 aliphatic rings. The van der Waals surface area contributed by atoms with Crippen LogP contribution < -0.4 is 5.32 Å². The molecule has 7 heteroatoms. The largest absolute Gasteiger partial charge is 0.480 e. The fraction of sp³-hybridized carbons (Fsp3) is 0.905. The van der Waals surface area contributed by atoms with E-state index in [1.54, 1.807) is 6.92 Å². The van der Waals surface area contributed by atoms with E-state index < -0.39 is 29.7 Å². The highest BCUT2D eigenvalue weighted by atomic mass is 19.3. The Kier molecular flexibility index (Phi) is 9.12. The van der Waals surface area contributed by atoms with Gasteiger partial charge in [-0.05, 0) is 38.5 Å². The van der Waals surface area contributed by atoms with Gasteiger partial charge in [-0.3, -0.25) is 9.59 Å². The predicted molar refractivity (Wildman–Crippen MR) is 102 cm³/mol. The summed E-state index contributed by atoms with van der Waals surface area (Å²) in [7, 11) is 0. The lowest BCUT2D eigenvalue weighted by Crippen LogP contribution is -2.40. The van der Waals surface area contributed by atoms with Gasteiger partial charge in [0.15, 0.2) is 5.41 Å². The molecule has 0 amide bonds. The van der Waals surface area contributed by atoms with Crippen LogP contribution in [0, 0.1) is 11.3 Å². The normalized spacial score (nSPS) is 28.4. The quantitative estimate of drug-likeness (QED) is 0.482. The van der Waals surface area contributed by atoms with Crippen molar-refractivity contribution < 1.29 is 28.2 Å². The number of carbonyl (C=O) groups is 2. The summed E-state index contributed by atoms with van der Waals surface area (Å²) < 4.78 is 29.2. The molecular weight excluding hydrogens is 368 g/mol. The number of hydrogen-bond donors (Lipinski definition) is 2. The number of nitrogens with one attached hydrogen (secondary N) is 1. The van der Waals surface area contributed by atoms with Crippen molar-refractivity contribution in [1.82, 2.24) is 5.32 Å². The summed E-state index contributed by atoms with van der Waals surface area (Å²) in [6.07, 6.45) is 12.0. The van der Waals surface area contributed by atoms with Crippen LogP contribution in [0.15, 0.2) is 0 Å². The zero-order valence-corrected chi connectivity index (χ0v) is 16.9. The molecule has 2 atom stereocenters. The van der Waals surface area contributed by atoms with Gasteiger partial charge in [-0.1, -0.05) is 45.4 Å². The lowest BCUT2D eigenvalue weighted by Gasteiger charge is -2.30. The van der Waals surface area contributed by atoms with Crippen LogP contribution in [0.3, 0.4) is 0 Å². The van der Waals surface area contributed by atoms with E-state index in [0.717, 1.165) is 12.1 Å². The SMILES string of the molecule is C1CCC(NC2CCCCC2)CC1.CCCOC(=O)[C@@]1(C(=O)O)C[C@H]1C(F)F.